The molecule has 3 heterocycles. The van der Waals surface area contributed by atoms with Gasteiger partial charge in [0.1, 0.15) is 4.75 Å². The fourth-order valence-corrected chi connectivity index (χ4v) is 6.22. The van der Waals surface area contributed by atoms with Crippen LogP contribution < -0.4 is 9.80 Å². The van der Waals surface area contributed by atoms with Crippen molar-refractivity contribution in [3.8, 4) is 0 Å². The summed E-state index contributed by atoms with van der Waals surface area (Å²) in [6.45, 7) is 10.6. The second-order valence-corrected chi connectivity index (χ2v) is 12.4. The topological polar surface area (TPSA) is 91.7 Å². The molecule has 0 atom stereocenters. The summed E-state index contributed by atoms with van der Waals surface area (Å²) < 4.78 is 5.36. The number of anilines is 2. The lowest BCUT2D eigenvalue weighted by atomic mass is 10.1. The number of thiazole rings is 1. The van der Waals surface area contributed by atoms with Gasteiger partial charge in [-0.05, 0) is 20.3 Å². The molecule has 3 rings (SSSR count). The molecule has 0 spiro atoms. The van der Waals surface area contributed by atoms with Crippen LogP contribution in [0.15, 0.2) is 22.1 Å². The Morgan fingerprint density at radius 2 is 1.78 bits per heavy atom. The second kappa shape index (κ2) is 14.7. The van der Waals surface area contributed by atoms with Crippen LogP contribution in [-0.2, 0) is 16.0 Å². The summed E-state index contributed by atoms with van der Waals surface area (Å²) in [4.78, 5) is 30.1. The van der Waals surface area contributed by atoms with Crippen LogP contribution in [0.1, 0.15) is 71.4 Å². The Morgan fingerprint density at radius 3 is 2.44 bits per heavy atom. The number of carboxylic acids is 1. The van der Waals surface area contributed by atoms with Crippen molar-refractivity contribution < 1.29 is 14.6 Å². The van der Waals surface area contributed by atoms with Crippen molar-refractivity contribution in [3.05, 3.63) is 23.5 Å². The van der Waals surface area contributed by atoms with E-state index in [9.17, 15) is 9.90 Å². The van der Waals surface area contributed by atoms with Crippen molar-refractivity contribution in [1.29, 1.82) is 0 Å². The summed E-state index contributed by atoms with van der Waals surface area (Å²) in [5, 5.41) is 11.4. The highest BCUT2D eigenvalue weighted by Gasteiger charge is 2.29. The Hall–Kier alpha value is -1.91. The number of carboxylic acid groups (broad SMARTS) is 1. The summed E-state index contributed by atoms with van der Waals surface area (Å²) in [7, 11) is 0. The molecule has 1 N–H and O–H groups in total. The van der Waals surface area contributed by atoms with Crippen molar-refractivity contribution >= 4 is 40.7 Å². The number of carbonyl (C=O) groups is 1. The van der Waals surface area contributed by atoms with E-state index >= 15 is 0 Å². The molecule has 1 saturated heterocycles. The number of aromatic nitrogens is 3. The van der Waals surface area contributed by atoms with Crippen molar-refractivity contribution in [3.63, 3.8) is 0 Å². The normalized spacial score (nSPS) is 14.2. The zero-order valence-electron chi connectivity index (χ0n) is 21.9. The highest BCUT2D eigenvalue weighted by molar-refractivity contribution is 8.03. The number of hydrogen-bond acceptors (Lipinski definition) is 9. The van der Waals surface area contributed by atoms with Crippen LogP contribution >= 0.6 is 23.1 Å². The largest absolute Gasteiger partial charge is 0.480 e. The van der Waals surface area contributed by atoms with E-state index in [0.29, 0.717) is 0 Å². The zero-order valence-corrected chi connectivity index (χ0v) is 23.6. The highest BCUT2D eigenvalue weighted by atomic mass is 32.2. The molecule has 0 radical (unpaired) electrons. The summed E-state index contributed by atoms with van der Waals surface area (Å²) in [6, 6.07) is 0. The number of rotatable bonds is 16. The Labute approximate surface area is 223 Å². The van der Waals surface area contributed by atoms with Crippen LogP contribution in [0, 0.1) is 0 Å². The number of hydrogen-bond donors (Lipinski definition) is 1. The molecule has 0 bridgehead atoms. The Kier molecular flexibility index (Phi) is 11.7. The van der Waals surface area contributed by atoms with E-state index in [-0.39, 0.29) is 0 Å². The van der Waals surface area contributed by atoms with Crippen LogP contribution in [0.25, 0.3) is 0 Å². The van der Waals surface area contributed by atoms with E-state index in [0.717, 1.165) is 73.9 Å². The molecule has 10 heteroatoms. The lowest BCUT2D eigenvalue weighted by molar-refractivity contribution is -0.138. The van der Waals surface area contributed by atoms with E-state index in [2.05, 4.69) is 21.7 Å². The first-order valence-corrected chi connectivity index (χ1v) is 14.8. The van der Waals surface area contributed by atoms with Gasteiger partial charge in [0.25, 0.3) is 0 Å². The van der Waals surface area contributed by atoms with Gasteiger partial charge in [0.05, 0.1) is 37.0 Å². The van der Waals surface area contributed by atoms with Crippen LogP contribution in [0.2, 0.25) is 0 Å². The predicted molar refractivity (Wildman–Crippen MR) is 149 cm³/mol. The molecule has 36 heavy (non-hydrogen) atoms. The summed E-state index contributed by atoms with van der Waals surface area (Å²) in [6.07, 6.45) is 13.5. The molecule has 0 aliphatic carbocycles. The average Bonchev–Trinajstić information content (AvgIpc) is 3.32. The third-order valence-corrected chi connectivity index (χ3v) is 8.51. The van der Waals surface area contributed by atoms with Crippen LogP contribution in [0.3, 0.4) is 0 Å². The van der Waals surface area contributed by atoms with Crippen molar-refractivity contribution in [2.24, 2.45) is 0 Å². The van der Waals surface area contributed by atoms with Gasteiger partial charge in [0.15, 0.2) is 4.34 Å². The van der Waals surface area contributed by atoms with Gasteiger partial charge in [-0.2, -0.15) is 0 Å². The number of nitrogens with zero attached hydrogens (tertiary/aromatic N) is 5. The van der Waals surface area contributed by atoms with Gasteiger partial charge >= 0.3 is 5.97 Å². The van der Waals surface area contributed by atoms with Gasteiger partial charge in [-0.25, -0.2) is 15.0 Å². The third kappa shape index (κ3) is 9.19. The van der Waals surface area contributed by atoms with E-state index in [1.54, 1.807) is 13.8 Å². The maximum atomic E-state index is 11.5. The molecular formula is C26H41N5O3S2. The number of unbranched alkanes of at least 4 members (excludes halogenated alkanes) is 6. The molecule has 2 aromatic rings. The smallest absolute Gasteiger partial charge is 0.319 e. The zero-order chi connectivity index (χ0) is 25.8. The number of morpholine rings is 1. The maximum absolute atomic E-state index is 11.5. The third-order valence-electron chi connectivity index (χ3n) is 6.34. The molecular weight excluding hydrogens is 494 g/mol. The van der Waals surface area contributed by atoms with Gasteiger partial charge in [0.2, 0.25) is 5.95 Å². The molecule has 0 amide bonds. The van der Waals surface area contributed by atoms with Crippen molar-refractivity contribution in [2.45, 2.75) is 81.2 Å². The quantitative estimate of drug-likeness (QED) is 0.220. The van der Waals surface area contributed by atoms with Gasteiger partial charge in [0, 0.05) is 38.0 Å². The van der Waals surface area contributed by atoms with E-state index in [4.69, 9.17) is 14.7 Å². The monoisotopic (exact) mass is 535 g/mol. The first-order valence-electron chi connectivity index (χ1n) is 13.2. The summed E-state index contributed by atoms with van der Waals surface area (Å²) >= 11 is 2.81. The second-order valence-electron chi connectivity index (χ2n) is 9.72. The number of thioether (sulfide) groups is 1. The lowest BCUT2D eigenvalue weighted by Crippen LogP contribution is -2.36. The van der Waals surface area contributed by atoms with Crippen molar-refractivity contribution in [2.75, 3.05) is 49.2 Å². The first-order chi connectivity index (χ1) is 17.4. The minimum atomic E-state index is -0.894. The minimum Gasteiger partial charge on any atom is -0.480 e. The Morgan fingerprint density at radius 1 is 1.11 bits per heavy atom. The van der Waals surface area contributed by atoms with E-state index in [1.165, 1.54) is 61.6 Å². The molecule has 8 nitrogen and oxygen atoms in total. The standard InChI is InChI=1S/C26H41N5O3S2/c1-4-5-6-7-8-9-10-12-31(24-27-18-22(19-28-24)30-14-16-34-17-15-30)13-11-21-20-35-25(29-21)36-26(2,3)23(32)33/h18-20H,4-17H2,1-3H3,(H,32,33). The minimum absolute atomic E-state index is 0.740. The molecule has 1 fully saturated rings. The summed E-state index contributed by atoms with van der Waals surface area (Å²) in [5.41, 5.74) is 2.03. The van der Waals surface area contributed by atoms with Gasteiger partial charge < -0.3 is 19.6 Å². The van der Waals surface area contributed by atoms with Crippen LogP contribution in [-0.4, -0.2) is 70.2 Å². The molecule has 1 aliphatic heterocycles. The van der Waals surface area contributed by atoms with Gasteiger partial charge in [-0.3, -0.25) is 4.79 Å². The van der Waals surface area contributed by atoms with E-state index in [1.807, 2.05) is 17.8 Å². The molecule has 0 aromatic carbocycles. The Balaban J connectivity index is 1.59. The number of aliphatic carboxylic acids is 1. The fourth-order valence-electron chi connectivity index (χ4n) is 4.00. The highest BCUT2D eigenvalue weighted by Crippen LogP contribution is 2.34. The molecule has 1 aliphatic rings. The van der Waals surface area contributed by atoms with Crippen LogP contribution in [0.4, 0.5) is 11.6 Å². The Bertz CT molecular complexity index is 917. The van der Waals surface area contributed by atoms with Crippen molar-refractivity contribution in [1.82, 2.24) is 15.0 Å². The number of ether oxygens (including phenoxy) is 1. The lowest BCUT2D eigenvalue weighted by Gasteiger charge is -2.29. The van der Waals surface area contributed by atoms with Gasteiger partial charge in [-0.15, -0.1) is 11.3 Å². The summed E-state index contributed by atoms with van der Waals surface area (Å²) in [5.74, 6) is -0.0716. The molecule has 200 valence electrons. The SMILES string of the molecule is CCCCCCCCCN(CCc1csc(SC(C)(C)C(=O)O)n1)c1ncc(N2CCOCC2)cn1. The maximum Gasteiger partial charge on any atom is 0.319 e. The molecule has 2 aromatic heterocycles. The fraction of sp³-hybridized carbons (Fsp3) is 0.692. The van der Waals surface area contributed by atoms with Gasteiger partial charge in [-0.1, -0.05) is 57.2 Å². The molecule has 0 saturated carbocycles. The van der Waals surface area contributed by atoms with Crippen LogP contribution in [0.5, 0.6) is 0 Å². The molecule has 0 unspecified atom stereocenters. The van der Waals surface area contributed by atoms with E-state index < -0.39 is 10.7 Å². The predicted octanol–water partition coefficient (Wildman–Crippen LogP) is 5.52. The first kappa shape index (κ1) is 28.7. The average molecular weight is 536 g/mol.